The Morgan fingerprint density at radius 2 is 1.12 bits per heavy atom. The monoisotopic (exact) mass is 578 g/mol. The van der Waals surface area contributed by atoms with Gasteiger partial charge in [0.2, 0.25) is 0 Å². The van der Waals surface area contributed by atoms with Crippen LogP contribution in [0.25, 0.3) is 0 Å². The summed E-state index contributed by atoms with van der Waals surface area (Å²) in [5, 5.41) is 21.4. The van der Waals surface area contributed by atoms with Gasteiger partial charge >= 0.3 is 5.97 Å². The minimum absolute atomic E-state index is 0.0514. The molecule has 6 nitrogen and oxygen atoms in total. The Morgan fingerprint density at radius 1 is 0.683 bits per heavy atom. The van der Waals surface area contributed by atoms with Crippen molar-refractivity contribution >= 4 is 5.97 Å². The predicted octanol–water partition coefficient (Wildman–Crippen LogP) is 8.11. The van der Waals surface area contributed by atoms with Crippen LogP contribution in [-0.4, -0.2) is 58.9 Å². The number of aliphatic hydroxyl groups is 2. The van der Waals surface area contributed by atoms with E-state index in [1.54, 1.807) is 0 Å². The number of hydrogen-bond donors (Lipinski definition) is 2. The van der Waals surface area contributed by atoms with Crippen LogP contribution in [-0.2, 0) is 19.0 Å². The second-order valence-electron chi connectivity index (χ2n) is 13.1. The molecule has 0 aromatic rings. The highest BCUT2D eigenvalue weighted by Gasteiger charge is 2.40. The molecule has 0 aliphatic carbocycles. The number of rotatable bonds is 23. The molecule has 0 aromatic carbocycles. The number of cyclic esters (lactones) is 1. The van der Waals surface area contributed by atoms with Crippen LogP contribution in [0.4, 0.5) is 0 Å². The molecule has 0 amide bonds. The molecule has 2 saturated heterocycles. The van der Waals surface area contributed by atoms with Crippen LogP contribution >= 0.6 is 0 Å². The normalized spacial score (nSPS) is 27.8. The number of ether oxygens (including phenoxy) is 3. The summed E-state index contributed by atoms with van der Waals surface area (Å²) in [4.78, 5) is 11.6. The van der Waals surface area contributed by atoms with E-state index in [2.05, 4.69) is 6.92 Å². The zero-order valence-electron chi connectivity index (χ0n) is 26.4. The van der Waals surface area contributed by atoms with Crippen LogP contribution in [0.1, 0.15) is 162 Å². The van der Waals surface area contributed by atoms with E-state index in [0.717, 1.165) is 76.2 Å². The molecular formula is C35H62O6. The van der Waals surface area contributed by atoms with Gasteiger partial charge in [0.15, 0.2) is 0 Å². The zero-order chi connectivity index (χ0) is 29.3. The first kappa shape index (κ1) is 34.5. The Labute approximate surface area is 251 Å². The van der Waals surface area contributed by atoms with Gasteiger partial charge in [0.05, 0.1) is 36.6 Å². The molecule has 0 bridgehead atoms. The van der Waals surface area contributed by atoms with Gasteiger partial charge in [-0.1, -0.05) is 103 Å². The van der Waals surface area contributed by atoms with Crippen LogP contribution in [0.5, 0.6) is 0 Å². The number of esters is 1. The molecule has 0 aromatic heterocycles. The van der Waals surface area contributed by atoms with E-state index in [-0.39, 0.29) is 48.7 Å². The van der Waals surface area contributed by atoms with Gasteiger partial charge in [0.1, 0.15) is 6.10 Å². The van der Waals surface area contributed by atoms with Crippen molar-refractivity contribution < 1.29 is 29.2 Å². The summed E-state index contributed by atoms with van der Waals surface area (Å²) in [7, 11) is 0. The highest BCUT2D eigenvalue weighted by molar-refractivity contribution is 5.90. The van der Waals surface area contributed by atoms with Crippen molar-refractivity contribution in [2.75, 3.05) is 0 Å². The van der Waals surface area contributed by atoms with Crippen LogP contribution < -0.4 is 0 Å². The molecule has 3 aliphatic heterocycles. The number of aliphatic hydroxyl groups excluding tert-OH is 2. The minimum atomic E-state index is -0.385. The Hall–Kier alpha value is -0.950. The quantitative estimate of drug-likeness (QED) is 0.0941. The van der Waals surface area contributed by atoms with Crippen molar-refractivity contribution in [3.05, 3.63) is 11.6 Å². The summed E-state index contributed by atoms with van der Waals surface area (Å²) in [6.07, 6.45) is 27.0. The molecule has 0 spiro atoms. The lowest BCUT2D eigenvalue weighted by atomic mass is 10.0. The Morgan fingerprint density at radius 3 is 1.56 bits per heavy atom. The Bertz CT molecular complexity index is 738. The summed E-state index contributed by atoms with van der Waals surface area (Å²) >= 11 is 0. The largest absolute Gasteiger partial charge is 0.455 e. The third-order valence-corrected chi connectivity index (χ3v) is 9.48. The Balaban J connectivity index is 1.14. The van der Waals surface area contributed by atoms with E-state index in [1.807, 2.05) is 13.0 Å². The third-order valence-electron chi connectivity index (χ3n) is 9.48. The predicted molar refractivity (Wildman–Crippen MR) is 165 cm³/mol. The van der Waals surface area contributed by atoms with Crippen LogP contribution in [0.15, 0.2) is 11.6 Å². The van der Waals surface area contributed by atoms with Crippen molar-refractivity contribution in [3.8, 4) is 0 Å². The van der Waals surface area contributed by atoms with Gasteiger partial charge in [-0.2, -0.15) is 0 Å². The summed E-state index contributed by atoms with van der Waals surface area (Å²) < 4.78 is 17.7. The van der Waals surface area contributed by atoms with Crippen molar-refractivity contribution in [3.63, 3.8) is 0 Å². The molecule has 7 atom stereocenters. The summed E-state index contributed by atoms with van der Waals surface area (Å²) in [6, 6.07) is 0. The van der Waals surface area contributed by atoms with Crippen LogP contribution in [0.3, 0.4) is 0 Å². The molecule has 2 N–H and O–H groups in total. The number of carbonyl (C=O) groups excluding carboxylic acids is 1. The van der Waals surface area contributed by atoms with E-state index in [9.17, 15) is 15.0 Å². The summed E-state index contributed by atoms with van der Waals surface area (Å²) in [5.41, 5.74) is 0.858. The molecule has 2 fully saturated rings. The Kier molecular flexibility index (Phi) is 16.9. The van der Waals surface area contributed by atoms with Crippen LogP contribution in [0, 0.1) is 0 Å². The highest BCUT2D eigenvalue weighted by atomic mass is 16.6. The third kappa shape index (κ3) is 13.1. The van der Waals surface area contributed by atoms with Gasteiger partial charge in [-0.3, -0.25) is 0 Å². The molecule has 3 aliphatic rings. The first-order chi connectivity index (χ1) is 20.0. The smallest absolute Gasteiger partial charge is 0.334 e. The minimum Gasteiger partial charge on any atom is -0.455 e. The van der Waals surface area contributed by atoms with Crippen molar-refractivity contribution in [2.45, 2.75) is 204 Å². The fraction of sp³-hybridized carbons (Fsp3) is 0.914. The van der Waals surface area contributed by atoms with Gasteiger partial charge in [-0.15, -0.1) is 0 Å². The number of carbonyl (C=O) groups is 1. The zero-order valence-corrected chi connectivity index (χ0v) is 26.4. The second-order valence-corrected chi connectivity index (χ2v) is 13.1. The van der Waals surface area contributed by atoms with E-state index in [4.69, 9.17) is 14.2 Å². The topological polar surface area (TPSA) is 85.2 Å². The van der Waals surface area contributed by atoms with Gasteiger partial charge in [0, 0.05) is 5.57 Å². The molecule has 0 saturated carbocycles. The van der Waals surface area contributed by atoms with Crippen molar-refractivity contribution in [1.82, 2.24) is 0 Å². The SMILES string of the molecule is CCCCCCCCCC[C@H](O)[C@@H]1CC[C@H]([C@H]2CC[C@@H]([C@H](O)CCCCCCCCCCC3=C[C@@H](C)OC3=O)O2)O1. The first-order valence-electron chi connectivity index (χ1n) is 17.6. The molecule has 3 heterocycles. The maximum atomic E-state index is 11.6. The fourth-order valence-electron chi connectivity index (χ4n) is 6.90. The molecule has 238 valence electrons. The van der Waals surface area contributed by atoms with Gasteiger partial charge in [0.25, 0.3) is 0 Å². The lowest BCUT2D eigenvalue weighted by Gasteiger charge is -2.24. The molecular weight excluding hydrogens is 516 g/mol. The average Bonchev–Trinajstić information content (AvgIpc) is 3.71. The average molecular weight is 579 g/mol. The van der Waals surface area contributed by atoms with Gasteiger partial charge < -0.3 is 24.4 Å². The van der Waals surface area contributed by atoms with Gasteiger partial charge in [-0.05, 0) is 64.4 Å². The van der Waals surface area contributed by atoms with E-state index in [0.29, 0.717) is 0 Å². The fourth-order valence-corrected chi connectivity index (χ4v) is 6.90. The van der Waals surface area contributed by atoms with E-state index < -0.39 is 0 Å². The molecule has 0 unspecified atom stereocenters. The van der Waals surface area contributed by atoms with Crippen molar-refractivity contribution in [2.24, 2.45) is 0 Å². The van der Waals surface area contributed by atoms with E-state index in [1.165, 1.54) is 77.0 Å². The maximum absolute atomic E-state index is 11.6. The number of unbranched alkanes of at least 4 members (excludes halogenated alkanes) is 14. The summed E-state index contributed by atoms with van der Waals surface area (Å²) in [5.74, 6) is -0.127. The maximum Gasteiger partial charge on any atom is 0.334 e. The standard InChI is InChI=1S/C35H62O6/c1-3-4-5-6-7-11-14-17-20-29(36)31-22-24-33(40-31)34-25-23-32(41-34)30(37)21-18-15-12-9-8-10-13-16-19-28-26-27(2)39-35(28)38/h26-27,29-34,36-37H,3-25H2,1-2H3/t27-,29+,30-,31+,32+,33-,34-/m1/s1. The lowest BCUT2D eigenvalue weighted by Crippen LogP contribution is -2.33. The first-order valence-corrected chi connectivity index (χ1v) is 17.6. The van der Waals surface area contributed by atoms with Crippen LogP contribution in [0.2, 0.25) is 0 Å². The van der Waals surface area contributed by atoms with Gasteiger partial charge in [-0.25, -0.2) is 4.79 Å². The molecule has 41 heavy (non-hydrogen) atoms. The highest BCUT2D eigenvalue weighted by Crippen LogP contribution is 2.34. The molecule has 0 radical (unpaired) electrons. The number of hydrogen-bond acceptors (Lipinski definition) is 6. The summed E-state index contributed by atoms with van der Waals surface area (Å²) in [6.45, 7) is 4.17. The van der Waals surface area contributed by atoms with E-state index >= 15 is 0 Å². The lowest BCUT2D eigenvalue weighted by molar-refractivity contribution is -0.139. The second kappa shape index (κ2) is 20.1. The molecule has 3 rings (SSSR count). The molecule has 6 heteroatoms. The van der Waals surface area contributed by atoms with Crippen molar-refractivity contribution in [1.29, 1.82) is 0 Å².